The van der Waals surface area contributed by atoms with E-state index in [0.717, 1.165) is 6.42 Å². The zero-order valence-electron chi connectivity index (χ0n) is 9.82. The fourth-order valence-corrected chi connectivity index (χ4v) is 2.70. The Morgan fingerprint density at radius 1 is 1.06 bits per heavy atom. The van der Waals surface area contributed by atoms with Gasteiger partial charge in [-0.3, -0.25) is 0 Å². The number of aliphatic hydroxyl groups excluding tert-OH is 1. The molecular formula is C16H16O. The summed E-state index contributed by atoms with van der Waals surface area (Å²) >= 11 is 0. The summed E-state index contributed by atoms with van der Waals surface area (Å²) in [6, 6.07) is 11.0. The molecule has 0 radical (unpaired) electrons. The van der Waals surface area contributed by atoms with Gasteiger partial charge in [-0.2, -0.15) is 0 Å². The van der Waals surface area contributed by atoms with Crippen LogP contribution < -0.4 is 0 Å². The Labute approximate surface area is 101 Å². The summed E-state index contributed by atoms with van der Waals surface area (Å²) in [5.41, 5.74) is 4.23. The second kappa shape index (κ2) is 4.34. The minimum Gasteiger partial charge on any atom is -0.396 e. The molecule has 0 unspecified atom stereocenters. The van der Waals surface area contributed by atoms with Gasteiger partial charge in [0.15, 0.2) is 0 Å². The third-order valence-electron chi connectivity index (χ3n) is 3.50. The van der Waals surface area contributed by atoms with Crippen molar-refractivity contribution in [1.29, 1.82) is 0 Å². The van der Waals surface area contributed by atoms with Crippen molar-refractivity contribution in [3.05, 3.63) is 53.1 Å². The molecule has 0 saturated carbocycles. The van der Waals surface area contributed by atoms with Gasteiger partial charge in [0.25, 0.3) is 0 Å². The molecule has 0 spiro atoms. The molecule has 1 aliphatic carbocycles. The second-order valence-corrected chi connectivity index (χ2v) is 4.57. The minimum atomic E-state index is 0.220. The van der Waals surface area contributed by atoms with Crippen molar-refractivity contribution >= 4 is 16.8 Å². The smallest absolute Gasteiger partial charge is 0.0465 e. The highest BCUT2D eigenvalue weighted by Crippen LogP contribution is 2.33. The number of hydrogen-bond donors (Lipinski definition) is 1. The summed E-state index contributed by atoms with van der Waals surface area (Å²) in [5.74, 6) is 0. The highest BCUT2D eigenvalue weighted by molar-refractivity contribution is 5.96. The summed E-state index contributed by atoms with van der Waals surface area (Å²) in [4.78, 5) is 0. The predicted molar refractivity (Wildman–Crippen MR) is 72.1 cm³/mol. The zero-order chi connectivity index (χ0) is 11.7. The van der Waals surface area contributed by atoms with Crippen molar-refractivity contribution in [3.8, 4) is 0 Å². The third kappa shape index (κ3) is 1.77. The minimum absolute atomic E-state index is 0.220. The second-order valence-electron chi connectivity index (χ2n) is 4.57. The molecule has 1 heteroatoms. The lowest BCUT2D eigenvalue weighted by atomic mass is 9.99. The van der Waals surface area contributed by atoms with Crippen LogP contribution in [0.5, 0.6) is 0 Å². The van der Waals surface area contributed by atoms with E-state index < -0.39 is 0 Å². The lowest BCUT2D eigenvalue weighted by molar-refractivity contribution is 0.303. The Bertz CT molecular complexity index is 571. The molecule has 0 aliphatic heterocycles. The summed E-state index contributed by atoms with van der Waals surface area (Å²) in [5, 5.41) is 11.6. The van der Waals surface area contributed by atoms with Gasteiger partial charge in [0, 0.05) is 6.61 Å². The molecule has 2 aromatic rings. The van der Waals surface area contributed by atoms with E-state index in [1.807, 2.05) is 6.08 Å². The van der Waals surface area contributed by atoms with Crippen LogP contribution in [0.25, 0.3) is 16.8 Å². The van der Waals surface area contributed by atoms with Crippen LogP contribution in [-0.2, 0) is 12.8 Å². The summed E-state index contributed by atoms with van der Waals surface area (Å²) in [7, 11) is 0. The molecule has 0 saturated heterocycles. The molecule has 86 valence electrons. The van der Waals surface area contributed by atoms with Crippen molar-refractivity contribution < 1.29 is 5.11 Å². The molecule has 0 aromatic heterocycles. The zero-order valence-corrected chi connectivity index (χ0v) is 9.82. The van der Waals surface area contributed by atoms with Crippen molar-refractivity contribution in [2.45, 2.75) is 19.3 Å². The first-order chi connectivity index (χ1) is 8.40. The molecule has 2 aromatic carbocycles. The van der Waals surface area contributed by atoms with E-state index in [4.69, 9.17) is 5.11 Å². The molecule has 0 amide bonds. The summed E-state index contributed by atoms with van der Waals surface area (Å²) in [6.07, 6.45) is 7.24. The quantitative estimate of drug-likeness (QED) is 0.847. The standard InChI is InChI=1S/C16H16O/c17-11-2-1-4-12-7-8-14-10-9-13-5-3-6-15(12)16(13)14/h1,3-8,17H,2,9-11H2/b4-1+. The number of benzene rings is 2. The van der Waals surface area contributed by atoms with Crippen LogP contribution in [0.2, 0.25) is 0 Å². The highest BCUT2D eigenvalue weighted by atomic mass is 16.2. The predicted octanol–water partition coefficient (Wildman–Crippen LogP) is 3.33. The molecule has 0 fully saturated rings. The van der Waals surface area contributed by atoms with Crippen LogP contribution in [-0.4, -0.2) is 11.7 Å². The van der Waals surface area contributed by atoms with Gasteiger partial charge in [-0.15, -0.1) is 0 Å². The largest absolute Gasteiger partial charge is 0.396 e. The molecule has 0 bridgehead atoms. The molecule has 1 N–H and O–H groups in total. The first-order valence-electron chi connectivity index (χ1n) is 6.21. The average molecular weight is 224 g/mol. The van der Waals surface area contributed by atoms with E-state index in [2.05, 4.69) is 36.4 Å². The third-order valence-corrected chi connectivity index (χ3v) is 3.50. The van der Waals surface area contributed by atoms with Gasteiger partial charge in [0.2, 0.25) is 0 Å². The Kier molecular flexibility index (Phi) is 2.69. The Morgan fingerprint density at radius 3 is 2.71 bits per heavy atom. The molecule has 3 rings (SSSR count). The fraction of sp³-hybridized carbons (Fsp3) is 0.250. The van der Waals surface area contributed by atoms with Crippen LogP contribution in [0.15, 0.2) is 36.4 Å². The van der Waals surface area contributed by atoms with Gasteiger partial charge in [0.05, 0.1) is 0 Å². The molecule has 17 heavy (non-hydrogen) atoms. The van der Waals surface area contributed by atoms with Crippen LogP contribution >= 0.6 is 0 Å². The SMILES string of the molecule is OCC/C=C/c1ccc2c3c(cccc13)CC2. The molecule has 0 heterocycles. The number of aryl methyl sites for hydroxylation is 2. The topological polar surface area (TPSA) is 20.2 Å². The normalized spacial score (nSPS) is 13.9. The van der Waals surface area contributed by atoms with Gasteiger partial charge < -0.3 is 5.11 Å². The highest BCUT2D eigenvalue weighted by Gasteiger charge is 2.14. The van der Waals surface area contributed by atoms with Crippen molar-refractivity contribution in [2.75, 3.05) is 6.61 Å². The van der Waals surface area contributed by atoms with Gasteiger partial charge in [-0.1, -0.05) is 42.5 Å². The van der Waals surface area contributed by atoms with E-state index in [1.54, 1.807) is 0 Å². The molecular weight excluding hydrogens is 208 g/mol. The van der Waals surface area contributed by atoms with E-state index in [0.29, 0.717) is 0 Å². The van der Waals surface area contributed by atoms with Crippen LogP contribution in [0.4, 0.5) is 0 Å². The maximum absolute atomic E-state index is 8.80. The molecule has 0 atom stereocenters. The Morgan fingerprint density at radius 2 is 1.88 bits per heavy atom. The summed E-state index contributed by atoms with van der Waals surface area (Å²) < 4.78 is 0. The number of rotatable bonds is 3. The van der Waals surface area contributed by atoms with Gasteiger partial charge >= 0.3 is 0 Å². The van der Waals surface area contributed by atoms with E-state index >= 15 is 0 Å². The van der Waals surface area contributed by atoms with Crippen molar-refractivity contribution in [3.63, 3.8) is 0 Å². The molecule has 1 nitrogen and oxygen atoms in total. The maximum Gasteiger partial charge on any atom is 0.0465 e. The van der Waals surface area contributed by atoms with Crippen molar-refractivity contribution in [1.82, 2.24) is 0 Å². The van der Waals surface area contributed by atoms with E-state index in [1.165, 1.54) is 40.3 Å². The van der Waals surface area contributed by atoms with Crippen LogP contribution in [0, 0.1) is 0 Å². The molecule has 1 aliphatic rings. The van der Waals surface area contributed by atoms with Gasteiger partial charge in [0.1, 0.15) is 0 Å². The van der Waals surface area contributed by atoms with E-state index in [9.17, 15) is 0 Å². The number of hydrogen-bond acceptors (Lipinski definition) is 1. The van der Waals surface area contributed by atoms with Crippen molar-refractivity contribution in [2.24, 2.45) is 0 Å². The van der Waals surface area contributed by atoms with Crippen LogP contribution in [0.1, 0.15) is 23.1 Å². The summed E-state index contributed by atoms with van der Waals surface area (Å²) in [6.45, 7) is 0.220. The Balaban J connectivity index is 2.15. The number of aliphatic hydroxyl groups is 1. The monoisotopic (exact) mass is 224 g/mol. The van der Waals surface area contributed by atoms with Gasteiger partial charge in [-0.25, -0.2) is 0 Å². The maximum atomic E-state index is 8.80. The Hall–Kier alpha value is -1.60. The lowest BCUT2D eigenvalue weighted by Gasteiger charge is -2.05. The van der Waals surface area contributed by atoms with E-state index in [-0.39, 0.29) is 6.61 Å². The fourth-order valence-electron chi connectivity index (χ4n) is 2.70. The first kappa shape index (κ1) is 10.5. The first-order valence-corrected chi connectivity index (χ1v) is 6.21. The van der Waals surface area contributed by atoms with Crippen LogP contribution in [0.3, 0.4) is 0 Å². The lowest BCUT2D eigenvalue weighted by Crippen LogP contribution is -1.83. The average Bonchev–Trinajstić information content (AvgIpc) is 2.78. The van der Waals surface area contributed by atoms with Gasteiger partial charge in [-0.05, 0) is 46.7 Å².